The SMILES string of the molecule is CCc1cccc(C)c1NC(=O)CSc1nnc(-c2cc(-c3ccc(C)cc3)n[nH]2)n1N. The van der Waals surface area contributed by atoms with Gasteiger partial charge >= 0.3 is 0 Å². The van der Waals surface area contributed by atoms with E-state index >= 15 is 0 Å². The minimum Gasteiger partial charge on any atom is -0.335 e. The summed E-state index contributed by atoms with van der Waals surface area (Å²) in [5, 5.41) is 19.1. The zero-order valence-corrected chi connectivity index (χ0v) is 19.0. The topological polar surface area (TPSA) is 115 Å². The van der Waals surface area contributed by atoms with E-state index in [9.17, 15) is 4.79 Å². The monoisotopic (exact) mass is 447 g/mol. The molecule has 0 unspecified atom stereocenters. The number of H-pyrrole nitrogens is 1. The Morgan fingerprint density at radius 3 is 2.69 bits per heavy atom. The molecule has 0 aliphatic rings. The first-order chi connectivity index (χ1) is 15.5. The second kappa shape index (κ2) is 9.27. The summed E-state index contributed by atoms with van der Waals surface area (Å²) in [7, 11) is 0. The molecule has 164 valence electrons. The molecule has 0 aliphatic carbocycles. The average Bonchev–Trinajstić information content (AvgIpc) is 3.41. The molecule has 0 atom stereocenters. The molecule has 0 aliphatic heterocycles. The lowest BCUT2D eigenvalue weighted by Gasteiger charge is -2.12. The van der Waals surface area contributed by atoms with E-state index in [1.807, 2.05) is 62.4 Å². The summed E-state index contributed by atoms with van der Waals surface area (Å²) < 4.78 is 1.37. The molecule has 2 aromatic carbocycles. The molecule has 8 nitrogen and oxygen atoms in total. The Morgan fingerprint density at radius 1 is 1.16 bits per heavy atom. The number of anilines is 1. The van der Waals surface area contributed by atoms with E-state index < -0.39 is 0 Å². The largest absolute Gasteiger partial charge is 0.335 e. The molecule has 1 amide bonds. The lowest BCUT2D eigenvalue weighted by Crippen LogP contribution is -2.18. The number of aromatic nitrogens is 5. The third-order valence-electron chi connectivity index (χ3n) is 5.17. The van der Waals surface area contributed by atoms with Crippen LogP contribution in [0.1, 0.15) is 23.6 Å². The van der Waals surface area contributed by atoms with Crippen LogP contribution in [0.15, 0.2) is 53.7 Å². The van der Waals surface area contributed by atoms with Crippen molar-refractivity contribution in [2.75, 3.05) is 16.9 Å². The van der Waals surface area contributed by atoms with Gasteiger partial charge in [-0.15, -0.1) is 10.2 Å². The number of hydrogen-bond donors (Lipinski definition) is 3. The summed E-state index contributed by atoms with van der Waals surface area (Å²) in [5.74, 6) is 6.71. The molecule has 0 spiro atoms. The van der Waals surface area contributed by atoms with Gasteiger partial charge in [0, 0.05) is 11.3 Å². The van der Waals surface area contributed by atoms with Gasteiger partial charge in [0.05, 0.1) is 11.4 Å². The summed E-state index contributed by atoms with van der Waals surface area (Å²) in [6.45, 7) is 6.09. The number of carbonyl (C=O) groups is 1. The van der Waals surface area contributed by atoms with Crippen molar-refractivity contribution in [2.45, 2.75) is 32.3 Å². The van der Waals surface area contributed by atoms with Crippen molar-refractivity contribution < 1.29 is 4.79 Å². The van der Waals surface area contributed by atoms with E-state index in [4.69, 9.17) is 5.84 Å². The number of benzene rings is 2. The van der Waals surface area contributed by atoms with Crippen molar-refractivity contribution in [3.05, 3.63) is 65.2 Å². The van der Waals surface area contributed by atoms with Crippen LogP contribution >= 0.6 is 11.8 Å². The molecule has 4 N–H and O–H groups in total. The van der Waals surface area contributed by atoms with Gasteiger partial charge in [0.1, 0.15) is 5.69 Å². The van der Waals surface area contributed by atoms with Crippen LogP contribution in [0.25, 0.3) is 22.8 Å². The Hall–Kier alpha value is -3.59. The Kier molecular flexibility index (Phi) is 6.27. The third-order valence-corrected chi connectivity index (χ3v) is 6.11. The Labute approximate surface area is 190 Å². The van der Waals surface area contributed by atoms with Gasteiger partial charge in [0.2, 0.25) is 16.9 Å². The highest BCUT2D eigenvalue weighted by Gasteiger charge is 2.17. The molecule has 2 heterocycles. The van der Waals surface area contributed by atoms with Crippen LogP contribution in [0.3, 0.4) is 0 Å². The average molecular weight is 448 g/mol. The number of thioether (sulfide) groups is 1. The third kappa shape index (κ3) is 4.52. The molecule has 0 saturated carbocycles. The van der Waals surface area contributed by atoms with Crippen LogP contribution in [-0.2, 0) is 11.2 Å². The molecule has 0 bridgehead atoms. The van der Waals surface area contributed by atoms with Crippen LogP contribution in [0.5, 0.6) is 0 Å². The molecule has 9 heteroatoms. The molecule has 2 aromatic heterocycles. The molecule has 4 rings (SSSR count). The van der Waals surface area contributed by atoms with Gasteiger partial charge in [-0.2, -0.15) is 5.10 Å². The number of aryl methyl sites for hydroxylation is 3. The van der Waals surface area contributed by atoms with E-state index in [1.54, 1.807) is 0 Å². The number of carbonyl (C=O) groups excluding carboxylic acids is 1. The van der Waals surface area contributed by atoms with Gasteiger partial charge in [-0.25, -0.2) is 4.68 Å². The number of nitrogens with two attached hydrogens (primary N) is 1. The fourth-order valence-electron chi connectivity index (χ4n) is 3.38. The number of nitrogens with zero attached hydrogens (tertiary/aromatic N) is 4. The lowest BCUT2D eigenvalue weighted by atomic mass is 10.1. The van der Waals surface area contributed by atoms with Crippen molar-refractivity contribution in [3.63, 3.8) is 0 Å². The van der Waals surface area contributed by atoms with E-state index in [0.717, 1.165) is 34.5 Å². The van der Waals surface area contributed by atoms with Crippen LogP contribution in [0.4, 0.5) is 5.69 Å². The quantitative estimate of drug-likeness (QED) is 0.292. The summed E-state index contributed by atoms with van der Waals surface area (Å²) in [4.78, 5) is 12.5. The van der Waals surface area contributed by atoms with Crippen molar-refractivity contribution in [3.8, 4) is 22.8 Å². The molecule has 0 saturated heterocycles. The molecular weight excluding hydrogens is 422 g/mol. The van der Waals surface area contributed by atoms with Crippen molar-refractivity contribution in [2.24, 2.45) is 0 Å². The highest BCUT2D eigenvalue weighted by atomic mass is 32.2. The van der Waals surface area contributed by atoms with Crippen molar-refractivity contribution in [1.82, 2.24) is 25.1 Å². The number of nitrogens with one attached hydrogen (secondary N) is 2. The van der Waals surface area contributed by atoms with Gasteiger partial charge in [0.15, 0.2) is 0 Å². The predicted octanol–water partition coefficient (Wildman–Crippen LogP) is 3.96. The van der Waals surface area contributed by atoms with E-state index in [-0.39, 0.29) is 11.7 Å². The lowest BCUT2D eigenvalue weighted by molar-refractivity contribution is -0.113. The predicted molar refractivity (Wildman–Crippen MR) is 128 cm³/mol. The second-order valence-corrected chi connectivity index (χ2v) is 8.45. The maximum absolute atomic E-state index is 12.5. The Morgan fingerprint density at radius 2 is 1.94 bits per heavy atom. The summed E-state index contributed by atoms with van der Waals surface area (Å²) in [5.41, 5.74) is 6.64. The van der Waals surface area contributed by atoms with Gasteiger partial charge < -0.3 is 11.2 Å². The van der Waals surface area contributed by atoms with Gasteiger partial charge in [0.25, 0.3) is 0 Å². The van der Waals surface area contributed by atoms with E-state index in [0.29, 0.717) is 16.7 Å². The smallest absolute Gasteiger partial charge is 0.234 e. The number of nitrogen functional groups attached to an aromatic ring is 1. The van der Waals surface area contributed by atoms with Gasteiger partial charge in [-0.1, -0.05) is 66.7 Å². The van der Waals surface area contributed by atoms with Crippen LogP contribution in [0.2, 0.25) is 0 Å². The first-order valence-electron chi connectivity index (χ1n) is 10.3. The fraction of sp³-hybridized carbons (Fsp3) is 0.217. The molecular formula is C23H25N7OS. The highest BCUT2D eigenvalue weighted by molar-refractivity contribution is 7.99. The van der Waals surface area contributed by atoms with Crippen LogP contribution < -0.4 is 11.2 Å². The zero-order valence-electron chi connectivity index (χ0n) is 18.2. The maximum atomic E-state index is 12.5. The summed E-state index contributed by atoms with van der Waals surface area (Å²) in [6, 6.07) is 16.0. The minimum atomic E-state index is -0.119. The van der Waals surface area contributed by atoms with Gasteiger partial charge in [-0.3, -0.25) is 9.89 Å². The molecule has 0 fully saturated rings. The number of amides is 1. The highest BCUT2D eigenvalue weighted by Crippen LogP contribution is 2.26. The standard InChI is InChI=1S/C23H25N7OS/c1-4-16-7-5-6-15(3)21(16)25-20(31)13-32-23-29-28-22(30(23)24)19-12-18(26-27-19)17-10-8-14(2)9-11-17/h5-12H,4,13,24H2,1-3H3,(H,25,31)(H,26,27). The Bertz CT molecular complexity index is 1240. The molecule has 4 aromatic rings. The van der Waals surface area contributed by atoms with E-state index in [2.05, 4.69) is 32.6 Å². The van der Waals surface area contributed by atoms with Crippen molar-refractivity contribution >= 4 is 23.4 Å². The number of hydrogen-bond acceptors (Lipinski definition) is 6. The maximum Gasteiger partial charge on any atom is 0.234 e. The van der Waals surface area contributed by atoms with Crippen LogP contribution in [-0.4, -0.2) is 36.7 Å². The van der Waals surface area contributed by atoms with E-state index in [1.165, 1.54) is 22.0 Å². The molecule has 32 heavy (non-hydrogen) atoms. The summed E-state index contributed by atoms with van der Waals surface area (Å²) >= 11 is 1.23. The van der Waals surface area contributed by atoms with Crippen molar-refractivity contribution in [1.29, 1.82) is 0 Å². The number of para-hydroxylation sites is 1. The second-order valence-electron chi connectivity index (χ2n) is 7.51. The Balaban J connectivity index is 1.44. The first kappa shape index (κ1) is 21.6. The summed E-state index contributed by atoms with van der Waals surface area (Å²) in [6.07, 6.45) is 0.847. The fourth-order valence-corrected chi connectivity index (χ4v) is 4.03. The minimum absolute atomic E-state index is 0.119. The van der Waals surface area contributed by atoms with Gasteiger partial charge in [-0.05, 0) is 37.5 Å². The number of rotatable bonds is 7. The zero-order chi connectivity index (χ0) is 22.7. The molecule has 0 radical (unpaired) electrons. The van der Waals surface area contributed by atoms with Crippen LogP contribution in [0, 0.1) is 13.8 Å². The number of aromatic amines is 1. The first-order valence-corrected chi connectivity index (χ1v) is 11.3. The normalized spacial score (nSPS) is 11.0.